The van der Waals surface area contributed by atoms with E-state index < -0.39 is 17.4 Å². The van der Waals surface area contributed by atoms with E-state index in [1.165, 1.54) is 6.92 Å². The van der Waals surface area contributed by atoms with E-state index in [4.69, 9.17) is 0 Å². The van der Waals surface area contributed by atoms with Crippen molar-refractivity contribution >= 4 is 17.7 Å². The number of rotatable bonds is 6. The van der Waals surface area contributed by atoms with Crippen LogP contribution in [0.15, 0.2) is 0 Å². The zero-order valence-electron chi connectivity index (χ0n) is 13.3. The lowest BCUT2D eigenvalue weighted by Crippen LogP contribution is -2.51. The summed E-state index contributed by atoms with van der Waals surface area (Å²) < 4.78 is 0. The molecule has 0 radical (unpaired) electrons. The monoisotopic (exact) mass is 298 g/mol. The molecule has 1 amide bonds. The van der Waals surface area contributed by atoms with Crippen molar-refractivity contribution in [3.8, 4) is 0 Å². The van der Waals surface area contributed by atoms with Gasteiger partial charge in [0.1, 0.15) is 0 Å². The van der Waals surface area contributed by atoms with Gasteiger partial charge in [0.2, 0.25) is 5.91 Å². The molecule has 2 atom stereocenters. The van der Waals surface area contributed by atoms with Gasteiger partial charge < -0.3 is 10.4 Å². The topological polar surface area (TPSA) is 86.7 Å². The summed E-state index contributed by atoms with van der Waals surface area (Å²) in [6, 6.07) is -0.479. The number of Topliss-reactive ketones (excluding diaryl/α,β-unsaturated/α-hetero) is 1. The molecule has 0 aliphatic carbocycles. The zero-order chi connectivity index (χ0) is 16.2. The lowest BCUT2D eigenvalue weighted by Gasteiger charge is -2.37. The minimum absolute atomic E-state index is 0.0390. The van der Waals surface area contributed by atoms with Crippen LogP contribution < -0.4 is 5.32 Å². The zero-order valence-corrected chi connectivity index (χ0v) is 13.3. The minimum Gasteiger partial charge on any atom is -0.481 e. The fourth-order valence-electron chi connectivity index (χ4n) is 2.81. The Hall–Kier alpha value is -1.43. The van der Waals surface area contributed by atoms with Crippen LogP contribution in [0.3, 0.4) is 0 Å². The molecule has 1 fully saturated rings. The van der Waals surface area contributed by atoms with E-state index in [2.05, 4.69) is 5.32 Å². The summed E-state index contributed by atoms with van der Waals surface area (Å²) in [6.45, 7) is 8.16. The Morgan fingerprint density at radius 3 is 2.43 bits per heavy atom. The largest absolute Gasteiger partial charge is 0.481 e. The van der Waals surface area contributed by atoms with E-state index in [0.29, 0.717) is 19.5 Å². The molecule has 2 unspecified atom stereocenters. The molecule has 6 heteroatoms. The quantitative estimate of drug-likeness (QED) is 0.761. The summed E-state index contributed by atoms with van der Waals surface area (Å²) in [5.74, 6) is -1.07. The standard InChI is InChI=1S/C15H26N2O4/c1-10(2)13(11(3)18)16-12(19)8-17-7-5-6-15(4,9-17)14(20)21/h10,13H,5-9H2,1-4H3,(H,16,19)(H,20,21). The number of nitrogens with one attached hydrogen (secondary N) is 1. The summed E-state index contributed by atoms with van der Waals surface area (Å²) in [4.78, 5) is 36.7. The van der Waals surface area contributed by atoms with E-state index in [9.17, 15) is 19.5 Å². The first-order valence-electron chi connectivity index (χ1n) is 7.41. The van der Waals surface area contributed by atoms with Gasteiger partial charge in [0, 0.05) is 6.54 Å². The third-order valence-corrected chi connectivity index (χ3v) is 4.08. The minimum atomic E-state index is -0.823. The Bertz CT molecular complexity index is 422. The highest BCUT2D eigenvalue weighted by Gasteiger charge is 2.38. The third-order valence-electron chi connectivity index (χ3n) is 4.08. The SMILES string of the molecule is CC(=O)C(NC(=O)CN1CCCC(C)(C(=O)O)C1)C(C)C. The number of nitrogens with zero attached hydrogens (tertiary/aromatic N) is 1. The maximum Gasteiger partial charge on any atom is 0.310 e. The van der Waals surface area contributed by atoms with Crippen LogP contribution in [-0.2, 0) is 14.4 Å². The van der Waals surface area contributed by atoms with Crippen LogP contribution in [0.5, 0.6) is 0 Å². The van der Waals surface area contributed by atoms with Crippen LogP contribution >= 0.6 is 0 Å². The first-order chi connectivity index (χ1) is 9.65. The molecule has 0 aromatic carbocycles. The van der Waals surface area contributed by atoms with Crippen molar-refractivity contribution in [2.24, 2.45) is 11.3 Å². The van der Waals surface area contributed by atoms with Crippen LogP contribution in [0, 0.1) is 11.3 Å². The number of carboxylic acid groups (broad SMARTS) is 1. The third kappa shape index (κ3) is 4.81. The first-order valence-corrected chi connectivity index (χ1v) is 7.41. The molecule has 1 saturated heterocycles. The number of carbonyl (C=O) groups is 3. The molecule has 21 heavy (non-hydrogen) atoms. The first kappa shape index (κ1) is 17.6. The van der Waals surface area contributed by atoms with Gasteiger partial charge in [-0.05, 0) is 39.2 Å². The van der Waals surface area contributed by atoms with Crippen LogP contribution in [-0.4, -0.2) is 53.3 Å². The maximum atomic E-state index is 12.1. The molecule has 1 aliphatic rings. The average molecular weight is 298 g/mol. The van der Waals surface area contributed by atoms with Crippen molar-refractivity contribution in [1.82, 2.24) is 10.2 Å². The van der Waals surface area contributed by atoms with E-state index >= 15 is 0 Å². The molecule has 2 N–H and O–H groups in total. The van der Waals surface area contributed by atoms with Crippen LogP contribution in [0.25, 0.3) is 0 Å². The second kappa shape index (κ2) is 7.02. The normalized spacial score (nSPS) is 24.6. The highest BCUT2D eigenvalue weighted by atomic mass is 16.4. The van der Waals surface area contributed by atoms with Crippen LogP contribution in [0.1, 0.15) is 40.5 Å². The predicted octanol–water partition coefficient (Wildman–Crippen LogP) is 0.903. The summed E-state index contributed by atoms with van der Waals surface area (Å²) in [5, 5.41) is 12.0. The van der Waals surface area contributed by atoms with E-state index in [1.54, 1.807) is 6.92 Å². The molecule has 0 bridgehead atoms. The summed E-state index contributed by atoms with van der Waals surface area (Å²) in [6.07, 6.45) is 1.39. The fraction of sp³-hybridized carbons (Fsp3) is 0.800. The van der Waals surface area contributed by atoms with Gasteiger partial charge in [-0.25, -0.2) is 0 Å². The summed E-state index contributed by atoms with van der Waals surface area (Å²) >= 11 is 0. The number of ketones is 1. The van der Waals surface area contributed by atoms with Gasteiger partial charge >= 0.3 is 5.97 Å². The van der Waals surface area contributed by atoms with Gasteiger partial charge in [-0.3, -0.25) is 19.3 Å². The Kier molecular flexibility index (Phi) is 5.89. The second-order valence-electron chi connectivity index (χ2n) is 6.58. The lowest BCUT2D eigenvalue weighted by atomic mass is 9.82. The van der Waals surface area contributed by atoms with E-state index in [1.807, 2.05) is 18.7 Å². The number of aliphatic carboxylic acids is 1. The van der Waals surface area contributed by atoms with Crippen molar-refractivity contribution in [2.45, 2.75) is 46.6 Å². The highest BCUT2D eigenvalue weighted by Crippen LogP contribution is 2.29. The van der Waals surface area contributed by atoms with Gasteiger partial charge in [0.05, 0.1) is 18.0 Å². The van der Waals surface area contributed by atoms with Crippen LogP contribution in [0.4, 0.5) is 0 Å². The van der Waals surface area contributed by atoms with Gasteiger partial charge in [0.15, 0.2) is 5.78 Å². The molecule has 1 rings (SSSR count). The summed E-state index contributed by atoms with van der Waals surface area (Å²) in [7, 11) is 0. The molecule has 0 aromatic rings. The van der Waals surface area contributed by atoms with Gasteiger partial charge in [-0.1, -0.05) is 13.8 Å². The Labute approximate surface area is 125 Å². The van der Waals surface area contributed by atoms with Crippen molar-refractivity contribution in [2.75, 3.05) is 19.6 Å². The summed E-state index contributed by atoms with van der Waals surface area (Å²) in [5.41, 5.74) is -0.795. The number of amides is 1. The second-order valence-corrected chi connectivity index (χ2v) is 6.58. The van der Waals surface area contributed by atoms with Crippen LogP contribution in [0.2, 0.25) is 0 Å². The maximum absolute atomic E-state index is 12.1. The van der Waals surface area contributed by atoms with Crippen molar-refractivity contribution in [3.05, 3.63) is 0 Å². The van der Waals surface area contributed by atoms with Crippen molar-refractivity contribution in [1.29, 1.82) is 0 Å². The number of piperidine rings is 1. The molecule has 0 aromatic heterocycles. The molecule has 0 spiro atoms. The Morgan fingerprint density at radius 2 is 1.95 bits per heavy atom. The molecular formula is C15H26N2O4. The lowest BCUT2D eigenvalue weighted by molar-refractivity contribution is -0.151. The van der Waals surface area contributed by atoms with Gasteiger partial charge in [0.25, 0.3) is 0 Å². The van der Waals surface area contributed by atoms with Crippen molar-refractivity contribution in [3.63, 3.8) is 0 Å². The molecule has 120 valence electrons. The van der Waals surface area contributed by atoms with E-state index in [0.717, 1.165) is 6.42 Å². The molecule has 1 heterocycles. The molecule has 1 aliphatic heterocycles. The molecule has 6 nitrogen and oxygen atoms in total. The fourth-order valence-corrected chi connectivity index (χ4v) is 2.81. The van der Waals surface area contributed by atoms with E-state index in [-0.39, 0.29) is 24.2 Å². The van der Waals surface area contributed by atoms with Gasteiger partial charge in [-0.2, -0.15) is 0 Å². The number of carbonyl (C=O) groups excluding carboxylic acids is 2. The Balaban J connectivity index is 2.58. The molecule has 0 saturated carbocycles. The number of likely N-dealkylation sites (tertiary alicyclic amines) is 1. The molecular weight excluding hydrogens is 272 g/mol. The average Bonchev–Trinajstić information content (AvgIpc) is 2.35. The predicted molar refractivity (Wildman–Crippen MR) is 78.9 cm³/mol. The smallest absolute Gasteiger partial charge is 0.310 e. The highest BCUT2D eigenvalue weighted by molar-refractivity contribution is 5.88. The van der Waals surface area contributed by atoms with Crippen molar-refractivity contribution < 1.29 is 19.5 Å². The Morgan fingerprint density at radius 1 is 1.33 bits per heavy atom. The number of hydrogen-bond acceptors (Lipinski definition) is 4. The number of hydrogen-bond donors (Lipinski definition) is 2. The van der Waals surface area contributed by atoms with Gasteiger partial charge in [-0.15, -0.1) is 0 Å². The number of carboxylic acids is 1.